The van der Waals surface area contributed by atoms with Crippen molar-refractivity contribution in [2.45, 2.75) is 18.9 Å². The minimum atomic E-state index is -0.233. The van der Waals surface area contributed by atoms with Gasteiger partial charge in [0, 0.05) is 42.1 Å². The molecule has 0 spiro atoms. The lowest BCUT2D eigenvalue weighted by molar-refractivity contribution is 0.0709. The van der Waals surface area contributed by atoms with Crippen LogP contribution >= 0.6 is 0 Å². The molecule has 1 saturated heterocycles. The van der Waals surface area contributed by atoms with Crippen LogP contribution in [0.15, 0.2) is 72.9 Å². The predicted octanol–water partition coefficient (Wildman–Crippen LogP) is 4.05. The third-order valence-corrected chi connectivity index (χ3v) is 5.48. The van der Waals surface area contributed by atoms with Crippen LogP contribution in [0.3, 0.4) is 0 Å². The van der Waals surface area contributed by atoms with Gasteiger partial charge >= 0.3 is 6.03 Å². The number of benzene rings is 2. The summed E-state index contributed by atoms with van der Waals surface area (Å²) < 4.78 is 0. The van der Waals surface area contributed by atoms with E-state index in [1.165, 1.54) is 0 Å². The summed E-state index contributed by atoms with van der Waals surface area (Å²) in [4.78, 5) is 31.2. The fourth-order valence-electron chi connectivity index (χ4n) is 3.78. The van der Waals surface area contributed by atoms with E-state index in [-0.39, 0.29) is 18.0 Å². The summed E-state index contributed by atoms with van der Waals surface area (Å²) in [6.07, 6.45) is 3.05. The molecule has 0 atom stereocenters. The molecule has 0 unspecified atom stereocenters. The first kappa shape index (κ1) is 21.1. The number of piperidine rings is 1. The molecule has 2 heterocycles. The van der Waals surface area contributed by atoms with Gasteiger partial charge < -0.3 is 15.5 Å². The van der Waals surface area contributed by atoms with Crippen LogP contribution in [0.4, 0.5) is 10.5 Å². The number of amides is 3. The Kier molecular flexibility index (Phi) is 6.42. The SMILES string of the molecule is N#Cc1cccnc1-c1ccc(C(=O)N2CCC(NC(=O)Nc3ccccc3)CC2)cc1. The Morgan fingerprint density at radius 3 is 2.38 bits per heavy atom. The van der Waals surface area contributed by atoms with Gasteiger partial charge in [0.15, 0.2) is 0 Å². The molecule has 1 fully saturated rings. The molecule has 1 aromatic heterocycles. The van der Waals surface area contributed by atoms with Crippen LogP contribution in [-0.4, -0.2) is 41.0 Å². The van der Waals surface area contributed by atoms with E-state index in [2.05, 4.69) is 21.7 Å². The molecule has 32 heavy (non-hydrogen) atoms. The van der Waals surface area contributed by atoms with Crippen LogP contribution in [0.25, 0.3) is 11.3 Å². The van der Waals surface area contributed by atoms with E-state index in [1.54, 1.807) is 30.5 Å². The van der Waals surface area contributed by atoms with Crippen LogP contribution < -0.4 is 10.6 Å². The second-order valence-corrected chi connectivity index (χ2v) is 7.62. The highest BCUT2D eigenvalue weighted by atomic mass is 16.2. The van der Waals surface area contributed by atoms with Gasteiger partial charge in [0.1, 0.15) is 6.07 Å². The summed E-state index contributed by atoms with van der Waals surface area (Å²) in [6.45, 7) is 1.16. The Bertz CT molecular complexity index is 1130. The minimum absolute atomic E-state index is 0.0266. The number of likely N-dealkylation sites (tertiary alicyclic amines) is 1. The molecule has 0 aliphatic carbocycles. The highest BCUT2D eigenvalue weighted by Crippen LogP contribution is 2.22. The zero-order valence-corrected chi connectivity index (χ0v) is 17.5. The normalized spacial score (nSPS) is 13.8. The number of hydrogen-bond donors (Lipinski definition) is 2. The molecular formula is C25H23N5O2. The first-order valence-corrected chi connectivity index (χ1v) is 10.5. The second-order valence-electron chi connectivity index (χ2n) is 7.62. The smallest absolute Gasteiger partial charge is 0.319 e. The lowest BCUT2D eigenvalue weighted by Gasteiger charge is -2.32. The summed E-state index contributed by atoms with van der Waals surface area (Å²) in [5.74, 6) is -0.0368. The lowest BCUT2D eigenvalue weighted by atomic mass is 10.0. The molecule has 2 aromatic carbocycles. The number of pyridine rings is 1. The number of rotatable bonds is 4. The van der Waals surface area contributed by atoms with Gasteiger partial charge in [-0.2, -0.15) is 5.26 Å². The first-order chi connectivity index (χ1) is 15.6. The minimum Gasteiger partial charge on any atom is -0.338 e. The third kappa shape index (κ3) is 4.93. The van der Waals surface area contributed by atoms with Gasteiger partial charge in [-0.05, 0) is 49.2 Å². The van der Waals surface area contributed by atoms with Gasteiger partial charge in [-0.25, -0.2) is 4.79 Å². The first-order valence-electron chi connectivity index (χ1n) is 10.5. The second kappa shape index (κ2) is 9.75. The maximum Gasteiger partial charge on any atom is 0.319 e. The molecule has 7 nitrogen and oxygen atoms in total. The highest BCUT2D eigenvalue weighted by Gasteiger charge is 2.24. The average molecular weight is 425 g/mol. The Morgan fingerprint density at radius 2 is 1.69 bits per heavy atom. The maximum atomic E-state index is 12.9. The Balaban J connectivity index is 1.31. The number of nitriles is 1. The molecule has 1 aliphatic heterocycles. The number of carbonyl (C=O) groups is 2. The average Bonchev–Trinajstić information content (AvgIpc) is 2.85. The monoisotopic (exact) mass is 425 g/mol. The van der Waals surface area contributed by atoms with Crippen molar-refractivity contribution in [1.82, 2.24) is 15.2 Å². The van der Waals surface area contributed by atoms with Crippen molar-refractivity contribution in [2.24, 2.45) is 0 Å². The number of carbonyl (C=O) groups excluding carboxylic acids is 2. The topological polar surface area (TPSA) is 98.1 Å². The summed E-state index contributed by atoms with van der Waals surface area (Å²) in [5, 5.41) is 15.1. The Morgan fingerprint density at radius 1 is 0.969 bits per heavy atom. The Hall–Kier alpha value is -4.18. The van der Waals surface area contributed by atoms with E-state index in [9.17, 15) is 14.9 Å². The molecular weight excluding hydrogens is 402 g/mol. The third-order valence-electron chi connectivity index (χ3n) is 5.48. The van der Waals surface area contributed by atoms with Gasteiger partial charge in [-0.3, -0.25) is 9.78 Å². The molecule has 0 bridgehead atoms. The molecule has 2 N–H and O–H groups in total. The Labute approximate surface area is 186 Å². The van der Waals surface area contributed by atoms with Crippen molar-refractivity contribution in [3.63, 3.8) is 0 Å². The predicted molar refractivity (Wildman–Crippen MR) is 122 cm³/mol. The maximum absolute atomic E-state index is 12.9. The van der Waals surface area contributed by atoms with Crippen LogP contribution in [0, 0.1) is 11.3 Å². The molecule has 4 rings (SSSR count). The molecule has 160 valence electrons. The molecule has 0 radical (unpaired) electrons. The number of para-hydroxylation sites is 1. The van der Waals surface area contributed by atoms with Crippen LogP contribution in [0.1, 0.15) is 28.8 Å². The van der Waals surface area contributed by atoms with Crippen LogP contribution in [0.2, 0.25) is 0 Å². The summed E-state index contributed by atoms with van der Waals surface area (Å²) in [6, 6.07) is 21.9. The van der Waals surface area contributed by atoms with Crippen LogP contribution in [0.5, 0.6) is 0 Å². The van der Waals surface area contributed by atoms with E-state index >= 15 is 0 Å². The number of anilines is 1. The van der Waals surface area contributed by atoms with E-state index in [0.29, 0.717) is 42.8 Å². The van der Waals surface area contributed by atoms with Gasteiger partial charge in [0.05, 0.1) is 11.3 Å². The van der Waals surface area contributed by atoms with Crippen molar-refractivity contribution in [1.29, 1.82) is 5.26 Å². The number of nitrogens with one attached hydrogen (secondary N) is 2. The lowest BCUT2D eigenvalue weighted by Crippen LogP contribution is -2.47. The molecule has 1 aliphatic rings. The highest BCUT2D eigenvalue weighted by molar-refractivity contribution is 5.95. The van der Waals surface area contributed by atoms with Crippen molar-refractivity contribution in [2.75, 3.05) is 18.4 Å². The largest absolute Gasteiger partial charge is 0.338 e. The zero-order chi connectivity index (χ0) is 22.3. The van der Waals surface area contributed by atoms with E-state index in [1.807, 2.05) is 47.4 Å². The number of aromatic nitrogens is 1. The van der Waals surface area contributed by atoms with Gasteiger partial charge in [0.25, 0.3) is 5.91 Å². The molecule has 3 aromatic rings. The summed E-state index contributed by atoms with van der Waals surface area (Å²) in [5.41, 5.74) is 3.24. The molecule has 0 saturated carbocycles. The van der Waals surface area contributed by atoms with Crippen molar-refractivity contribution in [3.8, 4) is 17.3 Å². The number of hydrogen-bond acceptors (Lipinski definition) is 4. The fraction of sp³-hybridized carbons (Fsp3) is 0.200. The quantitative estimate of drug-likeness (QED) is 0.659. The number of urea groups is 1. The van der Waals surface area contributed by atoms with Crippen molar-refractivity contribution < 1.29 is 9.59 Å². The standard InChI is InChI=1S/C25H23N5O2/c26-17-20-5-4-14-27-23(20)18-8-10-19(11-9-18)24(31)30-15-12-22(13-16-30)29-25(32)28-21-6-2-1-3-7-21/h1-11,14,22H,12-13,15-16H2,(H2,28,29,32). The van der Waals surface area contributed by atoms with Gasteiger partial charge in [-0.15, -0.1) is 0 Å². The van der Waals surface area contributed by atoms with Crippen molar-refractivity contribution in [3.05, 3.63) is 84.1 Å². The zero-order valence-electron chi connectivity index (χ0n) is 17.5. The molecule has 7 heteroatoms. The van der Waals surface area contributed by atoms with Gasteiger partial charge in [-0.1, -0.05) is 30.3 Å². The van der Waals surface area contributed by atoms with E-state index in [0.717, 1.165) is 11.3 Å². The van der Waals surface area contributed by atoms with Crippen LogP contribution in [-0.2, 0) is 0 Å². The fourth-order valence-corrected chi connectivity index (χ4v) is 3.78. The van der Waals surface area contributed by atoms with Gasteiger partial charge in [0.2, 0.25) is 0 Å². The van der Waals surface area contributed by atoms with Crippen molar-refractivity contribution >= 4 is 17.6 Å². The summed E-state index contributed by atoms with van der Waals surface area (Å²) >= 11 is 0. The molecule has 3 amide bonds. The van der Waals surface area contributed by atoms with E-state index < -0.39 is 0 Å². The summed E-state index contributed by atoms with van der Waals surface area (Å²) in [7, 11) is 0. The van der Waals surface area contributed by atoms with E-state index in [4.69, 9.17) is 0 Å². The number of nitrogens with zero attached hydrogens (tertiary/aromatic N) is 3.